The van der Waals surface area contributed by atoms with E-state index in [9.17, 15) is 23.1 Å². The van der Waals surface area contributed by atoms with E-state index in [0.29, 0.717) is 11.1 Å². The van der Waals surface area contributed by atoms with Gasteiger partial charge in [-0.05, 0) is 49.4 Å². The number of nitriles is 1. The minimum atomic E-state index is -4.75. The average Bonchev–Trinajstić information content (AvgIpc) is 3.02. The van der Waals surface area contributed by atoms with Crippen molar-refractivity contribution in [3.8, 4) is 6.07 Å². The van der Waals surface area contributed by atoms with Crippen molar-refractivity contribution in [2.75, 3.05) is 5.32 Å². The SMILES string of the molecule is CC(O)(Cn1ccc2cc(Cl)ccc21)C(=O)Nc1ccc(C#N)c(C(F)(F)F)c1. The van der Waals surface area contributed by atoms with Gasteiger partial charge in [0.05, 0.1) is 23.7 Å². The highest BCUT2D eigenvalue weighted by Gasteiger charge is 2.35. The molecule has 0 aliphatic heterocycles. The van der Waals surface area contributed by atoms with Gasteiger partial charge in [-0.2, -0.15) is 18.4 Å². The van der Waals surface area contributed by atoms with Crippen LogP contribution in [0, 0.1) is 11.3 Å². The Morgan fingerprint density at radius 1 is 1.24 bits per heavy atom. The van der Waals surface area contributed by atoms with Gasteiger partial charge in [-0.3, -0.25) is 4.79 Å². The Morgan fingerprint density at radius 2 is 1.97 bits per heavy atom. The van der Waals surface area contributed by atoms with Crippen molar-refractivity contribution in [2.45, 2.75) is 25.2 Å². The molecule has 1 heterocycles. The molecule has 1 amide bonds. The van der Waals surface area contributed by atoms with Crippen molar-refractivity contribution in [3.63, 3.8) is 0 Å². The molecule has 0 bridgehead atoms. The molecule has 1 aromatic heterocycles. The minimum Gasteiger partial charge on any atom is -0.378 e. The molecule has 5 nitrogen and oxygen atoms in total. The van der Waals surface area contributed by atoms with Gasteiger partial charge in [-0.25, -0.2) is 0 Å². The second-order valence-electron chi connectivity index (χ2n) is 6.74. The van der Waals surface area contributed by atoms with Gasteiger partial charge in [0, 0.05) is 27.8 Å². The van der Waals surface area contributed by atoms with Crippen LogP contribution in [-0.2, 0) is 17.5 Å². The fourth-order valence-electron chi connectivity index (χ4n) is 2.93. The molecule has 9 heteroatoms. The number of nitrogens with zero attached hydrogens (tertiary/aromatic N) is 2. The number of hydrogen-bond donors (Lipinski definition) is 2. The highest BCUT2D eigenvalue weighted by atomic mass is 35.5. The van der Waals surface area contributed by atoms with Crippen molar-refractivity contribution in [1.29, 1.82) is 5.26 Å². The van der Waals surface area contributed by atoms with Gasteiger partial charge < -0.3 is 15.0 Å². The van der Waals surface area contributed by atoms with Gasteiger partial charge >= 0.3 is 6.18 Å². The summed E-state index contributed by atoms with van der Waals surface area (Å²) in [7, 11) is 0. The minimum absolute atomic E-state index is 0.133. The summed E-state index contributed by atoms with van der Waals surface area (Å²) in [6.07, 6.45) is -3.08. The number of carbonyl (C=O) groups excluding carboxylic acids is 1. The number of aromatic nitrogens is 1. The van der Waals surface area contributed by atoms with Crippen LogP contribution in [0.3, 0.4) is 0 Å². The Morgan fingerprint density at radius 3 is 2.62 bits per heavy atom. The predicted octanol–water partition coefficient (Wildman–Crippen LogP) is 4.57. The number of rotatable bonds is 4. The fourth-order valence-corrected chi connectivity index (χ4v) is 3.11. The lowest BCUT2D eigenvalue weighted by molar-refractivity contribution is -0.138. The molecular formula is C20H15ClF3N3O2. The Hall–Kier alpha value is -3.02. The van der Waals surface area contributed by atoms with Crippen LogP contribution in [0.1, 0.15) is 18.1 Å². The molecule has 0 radical (unpaired) electrons. The molecule has 2 aromatic carbocycles. The summed E-state index contributed by atoms with van der Waals surface area (Å²) in [5, 5.41) is 23.1. The Bertz CT molecular complexity index is 1130. The summed E-state index contributed by atoms with van der Waals surface area (Å²) in [5.41, 5.74) is -3.07. The zero-order chi connectivity index (χ0) is 21.4. The van der Waals surface area contributed by atoms with Crippen LogP contribution in [0.25, 0.3) is 10.9 Å². The van der Waals surface area contributed by atoms with Crippen LogP contribution in [0.4, 0.5) is 18.9 Å². The van der Waals surface area contributed by atoms with Crippen LogP contribution in [0.2, 0.25) is 5.02 Å². The molecule has 0 aliphatic rings. The first kappa shape index (κ1) is 20.7. The van der Waals surface area contributed by atoms with Crippen LogP contribution in [-0.4, -0.2) is 21.2 Å². The smallest absolute Gasteiger partial charge is 0.378 e. The van der Waals surface area contributed by atoms with E-state index in [1.54, 1.807) is 35.0 Å². The number of halogens is 4. The quantitative estimate of drug-likeness (QED) is 0.647. The van der Waals surface area contributed by atoms with Crippen molar-refractivity contribution in [3.05, 3.63) is 64.8 Å². The van der Waals surface area contributed by atoms with E-state index in [2.05, 4.69) is 5.32 Å². The third kappa shape index (κ3) is 4.36. The van der Waals surface area contributed by atoms with Crippen molar-refractivity contribution >= 4 is 34.1 Å². The van der Waals surface area contributed by atoms with Crippen LogP contribution >= 0.6 is 11.6 Å². The lowest BCUT2D eigenvalue weighted by atomic mass is 10.0. The molecule has 3 rings (SSSR count). The maximum absolute atomic E-state index is 13.1. The maximum Gasteiger partial charge on any atom is 0.417 e. The second kappa shape index (κ2) is 7.43. The Labute approximate surface area is 168 Å². The summed E-state index contributed by atoms with van der Waals surface area (Å²) in [6, 6.07) is 11.2. The molecule has 0 saturated heterocycles. The molecule has 1 atom stereocenters. The number of benzene rings is 2. The topological polar surface area (TPSA) is 78.1 Å². The summed E-state index contributed by atoms with van der Waals surface area (Å²) in [5.74, 6) is -0.883. The molecule has 1 unspecified atom stereocenters. The number of alkyl halides is 3. The standard InChI is InChI=1S/C20H15ClF3N3O2/c1-19(29,11-27-7-6-12-8-14(21)3-5-17(12)27)18(28)26-15-4-2-13(10-25)16(9-15)20(22,23)24/h2-9,29H,11H2,1H3,(H,26,28). The zero-order valence-electron chi connectivity index (χ0n) is 15.1. The molecule has 3 aromatic rings. The molecular weight excluding hydrogens is 407 g/mol. The molecule has 0 saturated carbocycles. The number of carbonyl (C=O) groups is 1. The average molecular weight is 422 g/mol. The third-order valence-corrected chi connectivity index (χ3v) is 4.64. The lowest BCUT2D eigenvalue weighted by Crippen LogP contribution is -2.43. The third-order valence-electron chi connectivity index (χ3n) is 4.40. The van der Waals surface area contributed by atoms with Crippen LogP contribution < -0.4 is 5.32 Å². The first-order valence-electron chi connectivity index (χ1n) is 8.41. The predicted molar refractivity (Wildman–Crippen MR) is 102 cm³/mol. The molecule has 2 N–H and O–H groups in total. The Balaban J connectivity index is 1.83. The zero-order valence-corrected chi connectivity index (χ0v) is 15.8. The highest BCUT2D eigenvalue weighted by Crippen LogP contribution is 2.33. The van der Waals surface area contributed by atoms with Gasteiger partial charge in [-0.15, -0.1) is 0 Å². The van der Waals surface area contributed by atoms with E-state index in [-0.39, 0.29) is 12.2 Å². The maximum atomic E-state index is 13.1. The number of nitrogens with one attached hydrogen (secondary N) is 1. The van der Waals surface area contributed by atoms with E-state index in [1.807, 2.05) is 0 Å². The lowest BCUT2D eigenvalue weighted by Gasteiger charge is -2.24. The molecule has 0 aliphatic carbocycles. The van der Waals surface area contributed by atoms with Gasteiger partial charge in [0.25, 0.3) is 5.91 Å². The molecule has 29 heavy (non-hydrogen) atoms. The second-order valence-corrected chi connectivity index (χ2v) is 7.18. The first-order chi connectivity index (χ1) is 13.5. The number of fused-ring (bicyclic) bond motifs is 1. The number of hydrogen-bond acceptors (Lipinski definition) is 3. The van der Waals surface area contributed by atoms with Crippen LogP contribution in [0.5, 0.6) is 0 Å². The molecule has 0 fully saturated rings. The number of anilines is 1. The van der Waals surface area contributed by atoms with E-state index in [1.165, 1.54) is 19.1 Å². The van der Waals surface area contributed by atoms with Crippen LogP contribution in [0.15, 0.2) is 48.7 Å². The van der Waals surface area contributed by atoms with Crippen molar-refractivity contribution in [1.82, 2.24) is 4.57 Å². The molecule has 0 spiro atoms. The van der Waals surface area contributed by atoms with Crippen molar-refractivity contribution in [2.24, 2.45) is 0 Å². The largest absolute Gasteiger partial charge is 0.417 e. The summed E-state index contributed by atoms with van der Waals surface area (Å²) < 4.78 is 40.9. The number of amides is 1. The van der Waals surface area contributed by atoms with Gasteiger partial charge in [0.2, 0.25) is 0 Å². The Kier molecular flexibility index (Phi) is 5.30. The monoisotopic (exact) mass is 421 g/mol. The summed E-state index contributed by atoms with van der Waals surface area (Å²) >= 11 is 5.95. The van der Waals surface area contributed by atoms with Gasteiger partial charge in [0.15, 0.2) is 5.60 Å². The highest BCUT2D eigenvalue weighted by molar-refractivity contribution is 6.31. The van der Waals surface area contributed by atoms with Crippen molar-refractivity contribution < 1.29 is 23.1 Å². The van der Waals surface area contributed by atoms with E-state index < -0.39 is 28.8 Å². The van der Waals surface area contributed by atoms with E-state index in [0.717, 1.165) is 17.0 Å². The van der Waals surface area contributed by atoms with E-state index >= 15 is 0 Å². The van der Waals surface area contributed by atoms with Gasteiger partial charge in [-0.1, -0.05) is 11.6 Å². The fraction of sp³-hybridized carbons (Fsp3) is 0.200. The summed E-state index contributed by atoms with van der Waals surface area (Å²) in [6.45, 7) is 1.13. The molecule has 150 valence electrons. The normalized spacial score (nSPS) is 13.7. The first-order valence-corrected chi connectivity index (χ1v) is 8.78. The number of aliphatic hydroxyl groups is 1. The van der Waals surface area contributed by atoms with Gasteiger partial charge in [0.1, 0.15) is 0 Å². The summed E-state index contributed by atoms with van der Waals surface area (Å²) in [4.78, 5) is 12.5. The van der Waals surface area contributed by atoms with E-state index in [4.69, 9.17) is 16.9 Å².